The fourth-order valence-corrected chi connectivity index (χ4v) is 2.41. The Morgan fingerprint density at radius 3 is 2.76 bits per heavy atom. The summed E-state index contributed by atoms with van der Waals surface area (Å²) in [5.41, 5.74) is 5.83. The molecule has 0 fully saturated rings. The van der Waals surface area contributed by atoms with E-state index in [4.69, 9.17) is 22.7 Å². The van der Waals surface area contributed by atoms with E-state index >= 15 is 0 Å². The maximum absolute atomic E-state index is 7.42. The molecule has 2 rings (SSSR count). The summed E-state index contributed by atoms with van der Waals surface area (Å²) in [5.74, 6) is -0.0948. The number of nitrogens with two attached hydrogens (primary N) is 1. The lowest BCUT2D eigenvalue weighted by molar-refractivity contribution is 1.03. The van der Waals surface area contributed by atoms with E-state index in [2.05, 4.69) is 9.97 Å². The van der Waals surface area contributed by atoms with Gasteiger partial charge in [-0.15, -0.1) is 0 Å². The number of amidine groups is 1. The topological polar surface area (TPSA) is 75.7 Å². The summed E-state index contributed by atoms with van der Waals surface area (Å²) in [6, 6.07) is 7.39. The lowest BCUT2D eigenvalue weighted by atomic mass is 10.4. The van der Waals surface area contributed by atoms with Crippen LogP contribution in [0.3, 0.4) is 0 Å². The van der Waals surface area contributed by atoms with Crippen LogP contribution in [-0.4, -0.2) is 15.8 Å². The van der Waals surface area contributed by atoms with Gasteiger partial charge in [0.25, 0.3) is 0 Å². The first-order valence-electron chi connectivity index (χ1n) is 4.75. The molecule has 17 heavy (non-hydrogen) atoms. The molecule has 0 saturated heterocycles. The van der Waals surface area contributed by atoms with Gasteiger partial charge in [0.15, 0.2) is 0 Å². The van der Waals surface area contributed by atoms with E-state index in [0.717, 1.165) is 4.90 Å². The van der Waals surface area contributed by atoms with Crippen molar-refractivity contribution in [1.82, 2.24) is 9.97 Å². The van der Waals surface area contributed by atoms with Crippen LogP contribution >= 0.6 is 23.4 Å². The van der Waals surface area contributed by atoms with Crippen LogP contribution in [0.4, 0.5) is 0 Å². The van der Waals surface area contributed by atoms with Gasteiger partial charge in [-0.1, -0.05) is 29.4 Å². The SMILES string of the molecule is N=C(N)c1nccnc1Sc1cccc(Cl)c1. The lowest BCUT2D eigenvalue weighted by Crippen LogP contribution is -2.14. The van der Waals surface area contributed by atoms with E-state index in [0.29, 0.717) is 15.7 Å². The van der Waals surface area contributed by atoms with Crippen LogP contribution in [0, 0.1) is 5.41 Å². The second-order valence-electron chi connectivity index (χ2n) is 3.18. The van der Waals surface area contributed by atoms with E-state index in [1.165, 1.54) is 18.0 Å². The third kappa shape index (κ3) is 2.95. The highest BCUT2D eigenvalue weighted by molar-refractivity contribution is 7.99. The Bertz CT molecular complexity index is 559. The van der Waals surface area contributed by atoms with Crippen LogP contribution in [0.25, 0.3) is 0 Å². The Labute approximate surface area is 108 Å². The second kappa shape index (κ2) is 5.16. The normalized spacial score (nSPS) is 10.2. The Morgan fingerprint density at radius 2 is 2.06 bits per heavy atom. The Balaban J connectivity index is 2.33. The molecule has 3 N–H and O–H groups in total. The van der Waals surface area contributed by atoms with Gasteiger partial charge in [0, 0.05) is 22.3 Å². The molecule has 1 heterocycles. The van der Waals surface area contributed by atoms with Crippen LogP contribution in [0.2, 0.25) is 5.02 Å². The predicted molar refractivity (Wildman–Crippen MR) is 68.6 cm³/mol. The second-order valence-corrected chi connectivity index (χ2v) is 4.68. The van der Waals surface area contributed by atoms with Gasteiger partial charge in [0.2, 0.25) is 0 Å². The van der Waals surface area contributed by atoms with Crippen molar-refractivity contribution < 1.29 is 0 Å². The van der Waals surface area contributed by atoms with Crippen LogP contribution in [-0.2, 0) is 0 Å². The van der Waals surface area contributed by atoms with Gasteiger partial charge in [-0.3, -0.25) is 5.41 Å². The monoisotopic (exact) mass is 264 g/mol. The molecular formula is C11H9ClN4S. The number of nitrogens with one attached hydrogen (secondary N) is 1. The molecule has 0 amide bonds. The lowest BCUT2D eigenvalue weighted by Gasteiger charge is -2.05. The molecule has 1 aromatic carbocycles. The number of hydrogen-bond acceptors (Lipinski definition) is 4. The molecule has 0 bridgehead atoms. The molecule has 0 saturated carbocycles. The molecule has 0 atom stereocenters. The van der Waals surface area contributed by atoms with Gasteiger partial charge >= 0.3 is 0 Å². The molecule has 2 aromatic rings. The first-order valence-corrected chi connectivity index (χ1v) is 5.95. The van der Waals surface area contributed by atoms with Crippen LogP contribution < -0.4 is 5.73 Å². The number of benzene rings is 1. The quantitative estimate of drug-likeness (QED) is 0.660. The van der Waals surface area contributed by atoms with Gasteiger partial charge in [0.05, 0.1) is 0 Å². The third-order valence-electron chi connectivity index (χ3n) is 1.93. The maximum Gasteiger partial charge on any atom is 0.144 e. The molecule has 6 heteroatoms. The highest BCUT2D eigenvalue weighted by Crippen LogP contribution is 2.29. The van der Waals surface area contributed by atoms with Crippen LogP contribution in [0.1, 0.15) is 5.69 Å². The van der Waals surface area contributed by atoms with Crippen molar-refractivity contribution >= 4 is 29.2 Å². The van der Waals surface area contributed by atoms with Crippen molar-refractivity contribution in [3.8, 4) is 0 Å². The van der Waals surface area contributed by atoms with E-state index in [1.54, 1.807) is 12.3 Å². The van der Waals surface area contributed by atoms with Gasteiger partial charge in [-0.05, 0) is 18.2 Å². The van der Waals surface area contributed by atoms with Crippen molar-refractivity contribution in [1.29, 1.82) is 5.41 Å². The van der Waals surface area contributed by atoms with Crippen LogP contribution in [0.15, 0.2) is 46.6 Å². The summed E-state index contributed by atoms with van der Waals surface area (Å²) in [7, 11) is 0. The smallest absolute Gasteiger partial charge is 0.144 e. The van der Waals surface area contributed by atoms with Crippen molar-refractivity contribution in [2.24, 2.45) is 5.73 Å². The van der Waals surface area contributed by atoms with Gasteiger partial charge in [0.1, 0.15) is 16.6 Å². The first-order chi connectivity index (χ1) is 8.16. The molecule has 0 unspecified atom stereocenters. The summed E-state index contributed by atoms with van der Waals surface area (Å²) in [5, 5.41) is 8.68. The Kier molecular flexibility index (Phi) is 3.61. The maximum atomic E-state index is 7.42. The zero-order valence-electron chi connectivity index (χ0n) is 8.72. The van der Waals surface area contributed by atoms with Gasteiger partial charge in [-0.2, -0.15) is 0 Å². The van der Waals surface area contributed by atoms with Gasteiger partial charge < -0.3 is 5.73 Å². The number of hydrogen-bond donors (Lipinski definition) is 2. The minimum Gasteiger partial charge on any atom is -0.382 e. The molecular weight excluding hydrogens is 256 g/mol. The average Bonchev–Trinajstić information content (AvgIpc) is 2.29. The molecule has 4 nitrogen and oxygen atoms in total. The molecule has 0 spiro atoms. The standard InChI is InChI=1S/C11H9ClN4S/c12-7-2-1-3-8(6-7)17-11-9(10(13)14)15-4-5-16-11/h1-6H,(H3,13,14). The molecule has 0 radical (unpaired) electrons. The zero-order valence-corrected chi connectivity index (χ0v) is 10.3. The zero-order chi connectivity index (χ0) is 12.3. The highest BCUT2D eigenvalue weighted by Gasteiger charge is 2.09. The average molecular weight is 265 g/mol. The van der Waals surface area contributed by atoms with Crippen LogP contribution in [0.5, 0.6) is 0 Å². The van der Waals surface area contributed by atoms with Crippen molar-refractivity contribution in [2.45, 2.75) is 9.92 Å². The van der Waals surface area contributed by atoms with E-state index in [-0.39, 0.29) is 5.84 Å². The molecule has 0 aliphatic heterocycles. The Hall–Kier alpha value is -1.59. The van der Waals surface area contributed by atoms with Crippen molar-refractivity contribution in [3.05, 3.63) is 47.4 Å². The largest absolute Gasteiger partial charge is 0.382 e. The number of nitrogens with zero attached hydrogens (tertiary/aromatic N) is 2. The summed E-state index contributed by atoms with van der Waals surface area (Å²) in [6.07, 6.45) is 3.08. The number of aromatic nitrogens is 2. The fraction of sp³-hybridized carbons (Fsp3) is 0. The van der Waals surface area contributed by atoms with E-state index in [9.17, 15) is 0 Å². The molecule has 0 aliphatic carbocycles. The first kappa shape index (κ1) is 11.9. The summed E-state index contributed by atoms with van der Waals surface area (Å²) >= 11 is 7.27. The molecule has 0 aliphatic rings. The number of nitrogen functional groups attached to an aromatic ring is 1. The van der Waals surface area contributed by atoms with Crippen molar-refractivity contribution in [2.75, 3.05) is 0 Å². The molecule has 1 aromatic heterocycles. The van der Waals surface area contributed by atoms with E-state index in [1.807, 2.05) is 18.2 Å². The number of halogens is 1. The third-order valence-corrected chi connectivity index (χ3v) is 3.15. The summed E-state index contributed by atoms with van der Waals surface area (Å²) < 4.78 is 0. The summed E-state index contributed by atoms with van der Waals surface area (Å²) in [6.45, 7) is 0. The minimum absolute atomic E-state index is 0.0948. The summed E-state index contributed by atoms with van der Waals surface area (Å²) in [4.78, 5) is 9.12. The molecule has 86 valence electrons. The fourth-order valence-electron chi connectivity index (χ4n) is 1.23. The predicted octanol–water partition coefficient (Wildman–Crippen LogP) is 2.57. The Morgan fingerprint density at radius 1 is 1.29 bits per heavy atom. The van der Waals surface area contributed by atoms with Gasteiger partial charge in [-0.25, -0.2) is 9.97 Å². The van der Waals surface area contributed by atoms with E-state index < -0.39 is 0 Å². The minimum atomic E-state index is -0.0948. The van der Waals surface area contributed by atoms with Crippen molar-refractivity contribution in [3.63, 3.8) is 0 Å². The number of rotatable bonds is 3. The highest BCUT2D eigenvalue weighted by atomic mass is 35.5.